The van der Waals surface area contributed by atoms with E-state index in [-0.39, 0.29) is 0 Å². The molecule has 6 nitrogen and oxygen atoms in total. The summed E-state index contributed by atoms with van der Waals surface area (Å²) < 4.78 is 6.56. The first kappa shape index (κ1) is 9.57. The second-order valence-electron chi connectivity index (χ2n) is 3.22. The fourth-order valence-corrected chi connectivity index (χ4v) is 1.50. The van der Waals surface area contributed by atoms with Gasteiger partial charge in [-0.1, -0.05) is 0 Å². The van der Waals surface area contributed by atoms with E-state index >= 15 is 0 Å². The van der Waals surface area contributed by atoms with Crippen molar-refractivity contribution < 1.29 is 9.84 Å². The Morgan fingerprint density at radius 2 is 2.40 bits per heavy atom. The minimum absolute atomic E-state index is 0.438. The standard InChI is InChI=1S/C9H10N2O4/c12-5-6-1-2-8(15-6)11-4-3-7(13)10-9(11)14/h3-5,8,12H,1-2H2,(H,10,13,14)/b6-5+. The lowest BCUT2D eigenvalue weighted by molar-refractivity contribution is 0.0887. The first-order valence-electron chi connectivity index (χ1n) is 4.52. The zero-order chi connectivity index (χ0) is 10.8. The third-order valence-electron chi connectivity index (χ3n) is 2.23. The van der Waals surface area contributed by atoms with Crippen molar-refractivity contribution in [3.63, 3.8) is 0 Å². The molecule has 1 unspecified atom stereocenters. The molecular weight excluding hydrogens is 200 g/mol. The van der Waals surface area contributed by atoms with Crippen molar-refractivity contribution in [1.82, 2.24) is 9.55 Å². The number of rotatable bonds is 1. The Balaban J connectivity index is 2.32. The molecule has 1 aliphatic rings. The SMILES string of the molecule is O=c1ccn(C2CC/C(=C\O)O2)c(=O)[nH]1. The molecule has 1 saturated heterocycles. The van der Waals surface area contributed by atoms with Crippen molar-refractivity contribution in [3.8, 4) is 0 Å². The van der Waals surface area contributed by atoms with Gasteiger partial charge in [0.15, 0.2) is 6.23 Å². The van der Waals surface area contributed by atoms with Crippen LogP contribution in [0.2, 0.25) is 0 Å². The number of H-pyrrole nitrogens is 1. The van der Waals surface area contributed by atoms with Gasteiger partial charge in [0.25, 0.3) is 5.56 Å². The molecule has 0 bridgehead atoms. The van der Waals surface area contributed by atoms with Gasteiger partial charge >= 0.3 is 5.69 Å². The second kappa shape index (κ2) is 3.64. The highest BCUT2D eigenvalue weighted by molar-refractivity contribution is 4.95. The number of aromatic nitrogens is 2. The Morgan fingerprint density at radius 1 is 1.60 bits per heavy atom. The highest BCUT2D eigenvalue weighted by Gasteiger charge is 2.22. The third kappa shape index (κ3) is 1.78. The Hall–Kier alpha value is -1.98. The summed E-state index contributed by atoms with van der Waals surface area (Å²) in [6.45, 7) is 0. The van der Waals surface area contributed by atoms with E-state index in [1.54, 1.807) is 0 Å². The van der Waals surface area contributed by atoms with Crippen LogP contribution in [-0.4, -0.2) is 14.7 Å². The number of nitrogens with one attached hydrogen (secondary N) is 1. The zero-order valence-electron chi connectivity index (χ0n) is 7.84. The molecule has 2 rings (SSSR count). The number of allylic oxidation sites excluding steroid dienone is 1. The van der Waals surface area contributed by atoms with Crippen LogP contribution in [0.4, 0.5) is 0 Å². The quantitative estimate of drug-likeness (QED) is 0.650. The molecule has 2 N–H and O–H groups in total. The molecule has 0 radical (unpaired) electrons. The molecular formula is C9H10N2O4. The number of ether oxygens (including phenoxy) is 1. The number of aromatic amines is 1. The van der Waals surface area contributed by atoms with Crippen LogP contribution in [0.3, 0.4) is 0 Å². The Labute approximate surface area is 84.4 Å². The van der Waals surface area contributed by atoms with E-state index in [4.69, 9.17) is 9.84 Å². The largest absolute Gasteiger partial charge is 0.512 e. The lowest BCUT2D eigenvalue weighted by Gasteiger charge is -2.12. The van der Waals surface area contributed by atoms with Crippen molar-refractivity contribution in [2.75, 3.05) is 0 Å². The highest BCUT2D eigenvalue weighted by Crippen LogP contribution is 2.28. The van der Waals surface area contributed by atoms with Gasteiger partial charge < -0.3 is 9.84 Å². The number of hydrogen-bond donors (Lipinski definition) is 2. The van der Waals surface area contributed by atoms with Crippen LogP contribution in [0.5, 0.6) is 0 Å². The number of nitrogens with zero attached hydrogens (tertiary/aromatic N) is 1. The molecule has 1 fully saturated rings. The number of aliphatic hydroxyl groups is 1. The van der Waals surface area contributed by atoms with E-state index < -0.39 is 17.5 Å². The van der Waals surface area contributed by atoms with E-state index in [1.165, 1.54) is 16.8 Å². The maximum Gasteiger partial charge on any atom is 0.331 e. The number of aliphatic hydroxyl groups excluding tert-OH is 1. The van der Waals surface area contributed by atoms with Crippen LogP contribution in [-0.2, 0) is 4.74 Å². The topological polar surface area (TPSA) is 84.3 Å². The van der Waals surface area contributed by atoms with Crippen LogP contribution in [0.1, 0.15) is 19.1 Å². The van der Waals surface area contributed by atoms with Gasteiger partial charge in [-0.05, 0) is 0 Å². The third-order valence-corrected chi connectivity index (χ3v) is 2.23. The average Bonchev–Trinajstić information content (AvgIpc) is 2.66. The van der Waals surface area contributed by atoms with Gasteiger partial charge in [0.05, 0.1) is 0 Å². The van der Waals surface area contributed by atoms with Crippen molar-refractivity contribution in [2.45, 2.75) is 19.1 Å². The molecule has 0 amide bonds. The zero-order valence-corrected chi connectivity index (χ0v) is 7.84. The second-order valence-corrected chi connectivity index (χ2v) is 3.22. The predicted molar refractivity (Wildman–Crippen MR) is 51.4 cm³/mol. The molecule has 1 aromatic heterocycles. The Bertz CT molecular complexity index is 499. The smallest absolute Gasteiger partial charge is 0.331 e. The van der Waals surface area contributed by atoms with Gasteiger partial charge in [0.2, 0.25) is 0 Å². The summed E-state index contributed by atoms with van der Waals surface area (Å²) in [5.74, 6) is 0.443. The summed E-state index contributed by atoms with van der Waals surface area (Å²) >= 11 is 0. The van der Waals surface area contributed by atoms with Gasteiger partial charge in [-0.25, -0.2) is 4.79 Å². The lowest BCUT2D eigenvalue weighted by Crippen LogP contribution is -2.31. The Morgan fingerprint density at radius 3 is 3.00 bits per heavy atom. The van der Waals surface area contributed by atoms with Gasteiger partial charge in [-0.3, -0.25) is 14.3 Å². The van der Waals surface area contributed by atoms with Gasteiger partial charge in [-0.2, -0.15) is 0 Å². The van der Waals surface area contributed by atoms with Crippen LogP contribution >= 0.6 is 0 Å². The molecule has 1 aromatic rings. The lowest BCUT2D eigenvalue weighted by atomic mass is 10.3. The van der Waals surface area contributed by atoms with Crippen molar-refractivity contribution in [1.29, 1.82) is 0 Å². The maximum absolute atomic E-state index is 11.4. The summed E-state index contributed by atoms with van der Waals surface area (Å²) in [6, 6.07) is 1.26. The minimum atomic E-state index is -0.508. The van der Waals surface area contributed by atoms with E-state index in [0.29, 0.717) is 18.6 Å². The predicted octanol–water partition coefficient (Wildman–Crippen LogP) is 0.245. The molecule has 15 heavy (non-hydrogen) atoms. The maximum atomic E-state index is 11.4. The average molecular weight is 210 g/mol. The first-order chi connectivity index (χ1) is 7.20. The van der Waals surface area contributed by atoms with E-state index in [0.717, 1.165) is 6.26 Å². The van der Waals surface area contributed by atoms with E-state index in [9.17, 15) is 9.59 Å². The summed E-state index contributed by atoms with van der Waals surface area (Å²) in [4.78, 5) is 24.3. The summed E-state index contributed by atoms with van der Waals surface area (Å²) in [5, 5.41) is 8.71. The molecule has 6 heteroatoms. The van der Waals surface area contributed by atoms with Gasteiger partial charge in [0, 0.05) is 25.1 Å². The van der Waals surface area contributed by atoms with Crippen molar-refractivity contribution in [2.24, 2.45) is 0 Å². The fourth-order valence-electron chi connectivity index (χ4n) is 1.50. The minimum Gasteiger partial charge on any atom is -0.512 e. The van der Waals surface area contributed by atoms with Crippen LogP contribution in [0.25, 0.3) is 0 Å². The fraction of sp³-hybridized carbons (Fsp3) is 0.333. The van der Waals surface area contributed by atoms with Crippen LogP contribution in [0, 0.1) is 0 Å². The summed E-state index contributed by atoms with van der Waals surface area (Å²) in [7, 11) is 0. The van der Waals surface area contributed by atoms with Gasteiger partial charge in [-0.15, -0.1) is 0 Å². The summed E-state index contributed by atoms with van der Waals surface area (Å²) in [6.07, 6.45) is 2.99. The Kier molecular flexibility index (Phi) is 2.32. The van der Waals surface area contributed by atoms with Crippen molar-refractivity contribution >= 4 is 0 Å². The molecule has 0 aromatic carbocycles. The normalized spacial score (nSPS) is 22.9. The van der Waals surface area contributed by atoms with Crippen LogP contribution < -0.4 is 11.2 Å². The van der Waals surface area contributed by atoms with E-state index in [1.807, 2.05) is 0 Å². The molecule has 1 atom stereocenters. The molecule has 0 aliphatic carbocycles. The van der Waals surface area contributed by atoms with Crippen LogP contribution in [0.15, 0.2) is 33.9 Å². The van der Waals surface area contributed by atoms with Crippen molar-refractivity contribution in [3.05, 3.63) is 45.1 Å². The molecule has 0 spiro atoms. The molecule has 2 heterocycles. The molecule has 0 saturated carbocycles. The number of hydrogen-bond acceptors (Lipinski definition) is 4. The molecule has 80 valence electrons. The summed E-state index contributed by atoms with van der Waals surface area (Å²) in [5.41, 5.74) is -0.945. The monoisotopic (exact) mass is 210 g/mol. The highest BCUT2D eigenvalue weighted by atomic mass is 16.5. The first-order valence-corrected chi connectivity index (χ1v) is 4.52. The van der Waals surface area contributed by atoms with E-state index in [2.05, 4.69) is 4.98 Å². The van der Waals surface area contributed by atoms with Gasteiger partial charge in [0.1, 0.15) is 12.0 Å². The molecule has 1 aliphatic heterocycles.